The Morgan fingerprint density at radius 2 is 1.64 bits per heavy atom. The van der Waals surface area contributed by atoms with Crippen LogP contribution in [0.25, 0.3) is 0 Å². The maximum absolute atomic E-state index is 13.6. The van der Waals surface area contributed by atoms with Crippen LogP contribution in [0.15, 0.2) is 18.2 Å². The average Bonchev–Trinajstić information content (AvgIpc) is 2.73. The standard InChI is InChI=1S/C26H41N3O7/c1-9-35-21(31)10-11-27-23(32)22(19-13-17(4)12-18(5)14-19)29(16(2)3)24(33)20(15-30)28-25(34)36-26(6,7)8/h12-14,16,20,22,30H,9-11,15H2,1-8H3,(H,27,32)(H,28,34). The summed E-state index contributed by atoms with van der Waals surface area (Å²) in [4.78, 5) is 52.4. The number of alkyl carbamates (subject to hydrolysis) is 1. The number of nitrogens with zero attached hydrogens (tertiary/aromatic N) is 1. The number of carbonyl (C=O) groups excluding carboxylic acids is 4. The zero-order chi connectivity index (χ0) is 27.6. The Bertz CT molecular complexity index is 904. The Balaban J connectivity index is 3.34. The largest absolute Gasteiger partial charge is 0.466 e. The van der Waals surface area contributed by atoms with Crippen molar-refractivity contribution in [2.45, 2.75) is 85.5 Å². The van der Waals surface area contributed by atoms with Gasteiger partial charge < -0.3 is 30.1 Å². The number of hydrogen-bond acceptors (Lipinski definition) is 7. The minimum atomic E-state index is -1.33. The topological polar surface area (TPSA) is 134 Å². The Labute approximate surface area is 213 Å². The number of aliphatic hydroxyl groups is 1. The summed E-state index contributed by atoms with van der Waals surface area (Å²) in [6, 6.07) is 2.67. The first kappa shape index (κ1) is 30.9. The van der Waals surface area contributed by atoms with E-state index in [1.54, 1.807) is 53.7 Å². The molecule has 36 heavy (non-hydrogen) atoms. The molecule has 0 spiro atoms. The van der Waals surface area contributed by atoms with Crippen LogP contribution in [0.1, 0.15) is 70.7 Å². The van der Waals surface area contributed by atoms with E-state index in [9.17, 15) is 24.3 Å². The lowest BCUT2D eigenvalue weighted by atomic mass is 9.97. The van der Waals surface area contributed by atoms with Crippen LogP contribution in [0.2, 0.25) is 0 Å². The highest BCUT2D eigenvalue weighted by molar-refractivity contribution is 5.92. The molecule has 0 aliphatic rings. The van der Waals surface area contributed by atoms with Crippen LogP contribution in [-0.2, 0) is 23.9 Å². The van der Waals surface area contributed by atoms with Crippen LogP contribution in [0.4, 0.5) is 4.79 Å². The second kappa shape index (κ2) is 13.8. The van der Waals surface area contributed by atoms with Crippen LogP contribution in [0.5, 0.6) is 0 Å². The van der Waals surface area contributed by atoms with Gasteiger partial charge >= 0.3 is 12.1 Å². The first-order valence-corrected chi connectivity index (χ1v) is 12.1. The predicted molar refractivity (Wildman–Crippen MR) is 135 cm³/mol. The summed E-state index contributed by atoms with van der Waals surface area (Å²) in [5.74, 6) is -1.59. The molecule has 0 bridgehead atoms. The van der Waals surface area contributed by atoms with E-state index in [1.807, 2.05) is 19.9 Å². The number of ether oxygens (including phenoxy) is 2. The second-order valence-corrected chi connectivity index (χ2v) is 9.89. The van der Waals surface area contributed by atoms with Crippen molar-refractivity contribution < 1.29 is 33.8 Å². The predicted octanol–water partition coefficient (Wildman–Crippen LogP) is 2.54. The van der Waals surface area contributed by atoms with Gasteiger partial charge in [-0.2, -0.15) is 0 Å². The molecule has 0 fully saturated rings. The van der Waals surface area contributed by atoms with Gasteiger partial charge in [0.1, 0.15) is 17.7 Å². The number of aliphatic hydroxyl groups excluding tert-OH is 1. The maximum atomic E-state index is 13.6. The number of carbonyl (C=O) groups is 4. The number of aryl methyl sites for hydroxylation is 2. The average molecular weight is 508 g/mol. The van der Waals surface area contributed by atoms with Crippen LogP contribution in [0, 0.1) is 13.8 Å². The Kier molecular flexibility index (Phi) is 11.9. The highest BCUT2D eigenvalue weighted by atomic mass is 16.6. The summed E-state index contributed by atoms with van der Waals surface area (Å²) >= 11 is 0. The van der Waals surface area contributed by atoms with Gasteiger partial charge in [0.25, 0.3) is 0 Å². The molecule has 0 saturated carbocycles. The van der Waals surface area contributed by atoms with Crippen molar-refractivity contribution in [2.75, 3.05) is 19.8 Å². The number of hydrogen-bond donors (Lipinski definition) is 3. The first-order valence-electron chi connectivity index (χ1n) is 12.1. The molecule has 0 saturated heterocycles. The Hall–Kier alpha value is -3.14. The van der Waals surface area contributed by atoms with E-state index in [4.69, 9.17) is 9.47 Å². The summed E-state index contributed by atoms with van der Waals surface area (Å²) in [5, 5.41) is 15.1. The van der Waals surface area contributed by atoms with Gasteiger partial charge in [-0.15, -0.1) is 0 Å². The fraction of sp³-hybridized carbons (Fsp3) is 0.615. The van der Waals surface area contributed by atoms with E-state index in [2.05, 4.69) is 10.6 Å². The smallest absolute Gasteiger partial charge is 0.408 e. The molecule has 0 heterocycles. The second-order valence-electron chi connectivity index (χ2n) is 9.89. The lowest BCUT2D eigenvalue weighted by Crippen LogP contribution is -2.56. The van der Waals surface area contributed by atoms with Crippen molar-refractivity contribution in [1.82, 2.24) is 15.5 Å². The number of amides is 3. The molecule has 0 radical (unpaired) electrons. The molecular weight excluding hydrogens is 466 g/mol. The molecule has 0 aliphatic heterocycles. The summed E-state index contributed by atoms with van der Waals surface area (Å²) in [7, 11) is 0. The molecule has 1 aromatic rings. The van der Waals surface area contributed by atoms with E-state index >= 15 is 0 Å². The van der Waals surface area contributed by atoms with Crippen molar-refractivity contribution in [3.8, 4) is 0 Å². The van der Waals surface area contributed by atoms with Crippen molar-refractivity contribution in [2.24, 2.45) is 0 Å². The van der Waals surface area contributed by atoms with Crippen molar-refractivity contribution in [3.63, 3.8) is 0 Å². The zero-order valence-corrected chi connectivity index (χ0v) is 22.6. The zero-order valence-electron chi connectivity index (χ0n) is 22.6. The van der Waals surface area contributed by atoms with Gasteiger partial charge in [-0.1, -0.05) is 29.3 Å². The van der Waals surface area contributed by atoms with E-state index in [0.717, 1.165) is 11.1 Å². The van der Waals surface area contributed by atoms with E-state index in [-0.39, 0.29) is 19.6 Å². The summed E-state index contributed by atoms with van der Waals surface area (Å²) in [5.41, 5.74) is 1.56. The van der Waals surface area contributed by atoms with E-state index in [1.165, 1.54) is 4.90 Å². The summed E-state index contributed by atoms with van der Waals surface area (Å²) in [6.45, 7) is 13.6. The lowest BCUT2D eigenvalue weighted by molar-refractivity contribution is -0.146. The molecule has 2 atom stereocenters. The lowest BCUT2D eigenvalue weighted by Gasteiger charge is -2.37. The van der Waals surface area contributed by atoms with Crippen LogP contribution in [-0.4, -0.2) is 71.3 Å². The maximum Gasteiger partial charge on any atom is 0.408 e. The molecule has 3 amide bonds. The number of nitrogens with one attached hydrogen (secondary N) is 2. The van der Waals surface area contributed by atoms with Crippen molar-refractivity contribution >= 4 is 23.9 Å². The van der Waals surface area contributed by atoms with E-state index in [0.29, 0.717) is 5.56 Å². The molecule has 3 N–H and O–H groups in total. The van der Waals surface area contributed by atoms with Crippen molar-refractivity contribution in [3.05, 3.63) is 34.9 Å². The molecule has 1 aromatic carbocycles. The highest BCUT2D eigenvalue weighted by Gasteiger charge is 2.37. The van der Waals surface area contributed by atoms with Crippen molar-refractivity contribution in [1.29, 1.82) is 0 Å². The minimum Gasteiger partial charge on any atom is -0.466 e. The molecule has 10 nitrogen and oxygen atoms in total. The third kappa shape index (κ3) is 9.85. The monoisotopic (exact) mass is 507 g/mol. The SMILES string of the molecule is CCOC(=O)CCNC(=O)C(c1cc(C)cc(C)c1)N(C(=O)C(CO)NC(=O)OC(C)(C)C)C(C)C. The Morgan fingerprint density at radius 1 is 1.06 bits per heavy atom. The molecule has 10 heteroatoms. The molecule has 0 aromatic heterocycles. The van der Waals surface area contributed by atoms with Crippen LogP contribution >= 0.6 is 0 Å². The third-order valence-electron chi connectivity index (χ3n) is 5.00. The van der Waals surface area contributed by atoms with Gasteiger partial charge in [0.05, 0.1) is 19.6 Å². The van der Waals surface area contributed by atoms with Gasteiger partial charge in [0.15, 0.2) is 0 Å². The molecule has 202 valence electrons. The van der Waals surface area contributed by atoms with Gasteiger partial charge in [0.2, 0.25) is 11.8 Å². The molecule has 1 rings (SSSR count). The van der Waals surface area contributed by atoms with Gasteiger partial charge in [-0.3, -0.25) is 14.4 Å². The molecule has 2 unspecified atom stereocenters. The first-order chi connectivity index (χ1) is 16.7. The third-order valence-corrected chi connectivity index (χ3v) is 5.00. The number of benzene rings is 1. The minimum absolute atomic E-state index is 0.0196. The number of rotatable bonds is 11. The summed E-state index contributed by atoms with van der Waals surface area (Å²) < 4.78 is 10.1. The van der Waals surface area contributed by atoms with Gasteiger partial charge in [-0.25, -0.2) is 4.79 Å². The quantitative estimate of drug-likeness (QED) is 0.392. The van der Waals surface area contributed by atoms with Crippen LogP contribution in [0.3, 0.4) is 0 Å². The fourth-order valence-electron chi connectivity index (χ4n) is 3.72. The Morgan fingerprint density at radius 3 is 2.11 bits per heavy atom. The number of esters is 1. The fourth-order valence-corrected chi connectivity index (χ4v) is 3.72. The summed E-state index contributed by atoms with van der Waals surface area (Å²) in [6.07, 6.45) is -0.880. The van der Waals surface area contributed by atoms with Gasteiger partial charge in [0, 0.05) is 12.6 Å². The highest BCUT2D eigenvalue weighted by Crippen LogP contribution is 2.27. The van der Waals surface area contributed by atoms with Gasteiger partial charge in [-0.05, 0) is 61.0 Å². The molecular formula is C26H41N3O7. The normalized spacial score (nSPS) is 12.9. The van der Waals surface area contributed by atoms with E-state index < -0.39 is 54.2 Å². The van der Waals surface area contributed by atoms with Crippen LogP contribution < -0.4 is 10.6 Å². The molecule has 0 aliphatic carbocycles.